The molecule has 0 saturated carbocycles. The first-order chi connectivity index (χ1) is 9.95. The van der Waals surface area contributed by atoms with Crippen LogP contribution in [0.3, 0.4) is 0 Å². The number of carbonyl (C=O) groups is 1. The van der Waals surface area contributed by atoms with Crippen LogP contribution in [0.15, 0.2) is 10.2 Å². The number of nitrogens with one attached hydrogen (secondary N) is 2. The Hall–Kier alpha value is -2.02. The number of aromatic nitrogens is 3. The molecule has 0 atom stereocenters. The minimum atomic E-state index is -0.245. The maximum atomic E-state index is 11.9. The molecule has 0 spiro atoms. The summed E-state index contributed by atoms with van der Waals surface area (Å²) >= 11 is 1.59. The molecule has 7 heteroatoms. The maximum absolute atomic E-state index is 11.9. The van der Waals surface area contributed by atoms with Crippen molar-refractivity contribution in [1.82, 2.24) is 20.3 Å². The lowest BCUT2D eigenvalue weighted by Gasteiger charge is -2.06. The van der Waals surface area contributed by atoms with Crippen LogP contribution in [-0.4, -0.2) is 27.4 Å². The highest BCUT2D eigenvalue weighted by atomic mass is 32.1. The molecule has 0 unspecified atom stereocenters. The van der Waals surface area contributed by atoms with Crippen LogP contribution in [0.2, 0.25) is 0 Å². The Bertz CT molecular complexity index is 705. The van der Waals surface area contributed by atoms with Crippen LogP contribution >= 0.6 is 11.3 Å². The van der Waals surface area contributed by atoms with Crippen molar-refractivity contribution >= 4 is 17.2 Å². The Morgan fingerprint density at radius 3 is 2.71 bits per heavy atom. The maximum Gasteiger partial charge on any atom is 0.254 e. The largest absolute Gasteiger partial charge is 0.355 e. The molecular formula is C14H18N4O2S. The Morgan fingerprint density at radius 2 is 2.10 bits per heavy atom. The fourth-order valence-electron chi connectivity index (χ4n) is 2.04. The highest BCUT2D eigenvalue weighted by molar-refractivity contribution is 7.09. The summed E-state index contributed by atoms with van der Waals surface area (Å²) in [5.74, 6) is 0.377. The van der Waals surface area contributed by atoms with E-state index >= 15 is 0 Å². The lowest BCUT2D eigenvalue weighted by molar-refractivity contribution is -0.120. The van der Waals surface area contributed by atoms with E-state index in [9.17, 15) is 9.59 Å². The van der Waals surface area contributed by atoms with E-state index < -0.39 is 0 Å². The van der Waals surface area contributed by atoms with Gasteiger partial charge in [-0.3, -0.25) is 9.59 Å². The monoisotopic (exact) mass is 306 g/mol. The van der Waals surface area contributed by atoms with Gasteiger partial charge in [-0.05, 0) is 20.8 Å². The average molecular weight is 306 g/mol. The molecule has 2 aromatic heterocycles. The van der Waals surface area contributed by atoms with Crippen LogP contribution in [-0.2, 0) is 17.6 Å². The topological polar surface area (TPSA) is 87.7 Å². The Morgan fingerprint density at radius 1 is 1.33 bits per heavy atom. The number of aryl methyl sites for hydroxylation is 3. The molecule has 0 fully saturated rings. The van der Waals surface area contributed by atoms with Crippen LogP contribution in [0.25, 0.3) is 0 Å². The molecule has 112 valence electrons. The Balaban J connectivity index is 1.89. The van der Waals surface area contributed by atoms with Crippen LogP contribution in [0.1, 0.15) is 27.8 Å². The van der Waals surface area contributed by atoms with Crippen molar-refractivity contribution in [3.05, 3.63) is 43.5 Å². The van der Waals surface area contributed by atoms with E-state index in [0.29, 0.717) is 30.0 Å². The summed E-state index contributed by atoms with van der Waals surface area (Å²) in [6.07, 6.45) is 0.738. The summed E-state index contributed by atoms with van der Waals surface area (Å²) in [5.41, 5.74) is 1.75. The van der Waals surface area contributed by atoms with E-state index in [2.05, 4.69) is 20.3 Å². The van der Waals surface area contributed by atoms with Gasteiger partial charge < -0.3 is 10.3 Å². The SMILES string of the molecule is Cc1nc(C)c(CC(=O)NCCc2csc(C)n2)c(=O)[nH]1. The molecule has 0 aliphatic heterocycles. The minimum Gasteiger partial charge on any atom is -0.355 e. The molecule has 2 aromatic rings. The van der Waals surface area contributed by atoms with Gasteiger partial charge in [0.05, 0.1) is 17.1 Å². The predicted octanol–water partition coefficient (Wildman–Crippen LogP) is 1.05. The summed E-state index contributed by atoms with van der Waals surface area (Å²) in [6.45, 7) is 5.92. The fraction of sp³-hybridized carbons (Fsp3) is 0.429. The zero-order chi connectivity index (χ0) is 15.4. The first-order valence-electron chi connectivity index (χ1n) is 6.70. The molecule has 0 aliphatic carbocycles. The molecule has 0 aliphatic rings. The molecule has 0 aromatic carbocycles. The van der Waals surface area contributed by atoms with Gasteiger partial charge in [0.1, 0.15) is 5.82 Å². The lowest BCUT2D eigenvalue weighted by Crippen LogP contribution is -2.30. The van der Waals surface area contributed by atoms with Crippen molar-refractivity contribution in [2.24, 2.45) is 0 Å². The molecule has 2 rings (SSSR count). The second-order valence-corrected chi connectivity index (χ2v) is 5.91. The van der Waals surface area contributed by atoms with E-state index in [1.54, 1.807) is 25.2 Å². The molecule has 2 heterocycles. The van der Waals surface area contributed by atoms with Crippen molar-refractivity contribution in [2.75, 3.05) is 6.54 Å². The number of hydrogen-bond donors (Lipinski definition) is 2. The van der Waals surface area contributed by atoms with Gasteiger partial charge in [0.25, 0.3) is 5.56 Å². The zero-order valence-electron chi connectivity index (χ0n) is 12.3. The smallest absolute Gasteiger partial charge is 0.254 e. The zero-order valence-corrected chi connectivity index (χ0v) is 13.1. The number of H-pyrrole nitrogens is 1. The summed E-state index contributed by atoms with van der Waals surface area (Å²) in [4.78, 5) is 34.8. The first kappa shape index (κ1) is 15.4. The standard InChI is InChI=1S/C14H18N4O2S/c1-8-12(14(20)17-9(2)16-8)6-13(19)15-5-4-11-7-21-10(3)18-11/h7H,4-6H2,1-3H3,(H,15,19)(H,16,17,20). The van der Waals surface area contributed by atoms with E-state index in [1.165, 1.54) is 0 Å². The second kappa shape index (κ2) is 6.62. The molecule has 2 N–H and O–H groups in total. The van der Waals surface area contributed by atoms with Gasteiger partial charge in [0.15, 0.2) is 0 Å². The van der Waals surface area contributed by atoms with E-state index in [-0.39, 0.29) is 17.9 Å². The van der Waals surface area contributed by atoms with Gasteiger partial charge in [-0.2, -0.15) is 0 Å². The van der Waals surface area contributed by atoms with Gasteiger partial charge in [-0.25, -0.2) is 9.97 Å². The Labute approximate surface area is 126 Å². The van der Waals surface area contributed by atoms with Crippen LogP contribution < -0.4 is 10.9 Å². The van der Waals surface area contributed by atoms with Gasteiger partial charge in [-0.15, -0.1) is 11.3 Å². The van der Waals surface area contributed by atoms with E-state index in [1.807, 2.05) is 12.3 Å². The molecule has 6 nitrogen and oxygen atoms in total. The number of rotatable bonds is 5. The van der Waals surface area contributed by atoms with Crippen LogP contribution in [0.5, 0.6) is 0 Å². The third-order valence-electron chi connectivity index (χ3n) is 3.05. The van der Waals surface area contributed by atoms with Gasteiger partial charge in [-0.1, -0.05) is 0 Å². The summed E-state index contributed by atoms with van der Waals surface area (Å²) in [6, 6.07) is 0. The molecule has 21 heavy (non-hydrogen) atoms. The minimum absolute atomic E-state index is 0.0462. The highest BCUT2D eigenvalue weighted by Crippen LogP contribution is 2.07. The van der Waals surface area contributed by atoms with Crippen molar-refractivity contribution in [2.45, 2.75) is 33.6 Å². The number of nitrogens with zero attached hydrogens (tertiary/aromatic N) is 2. The third-order valence-corrected chi connectivity index (χ3v) is 3.87. The number of thiazole rings is 1. The lowest BCUT2D eigenvalue weighted by atomic mass is 10.1. The van der Waals surface area contributed by atoms with E-state index in [0.717, 1.165) is 10.7 Å². The average Bonchev–Trinajstić information content (AvgIpc) is 2.79. The molecule has 0 bridgehead atoms. The van der Waals surface area contributed by atoms with Crippen molar-refractivity contribution < 1.29 is 4.79 Å². The third kappa shape index (κ3) is 4.22. The first-order valence-corrected chi connectivity index (χ1v) is 7.58. The molecule has 0 radical (unpaired) electrons. The van der Waals surface area contributed by atoms with Crippen LogP contribution in [0.4, 0.5) is 0 Å². The number of amides is 1. The molecule has 1 amide bonds. The summed E-state index contributed by atoms with van der Waals surface area (Å²) in [5, 5.41) is 5.81. The van der Waals surface area contributed by atoms with Crippen LogP contribution in [0, 0.1) is 20.8 Å². The number of hydrogen-bond acceptors (Lipinski definition) is 5. The van der Waals surface area contributed by atoms with Gasteiger partial charge in [0, 0.05) is 29.6 Å². The predicted molar refractivity (Wildman–Crippen MR) is 81.6 cm³/mol. The number of carbonyl (C=O) groups excluding carboxylic acids is 1. The van der Waals surface area contributed by atoms with E-state index in [4.69, 9.17) is 0 Å². The fourth-order valence-corrected chi connectivity index (χ4v) is 2.68. The van der Waals surface area contributed by atoms with Gasteiger partial charge in [0.2, 0.25) is 5.91 Å². The van der Waals surface area contributed by atoms with Crippen molar-refractivity contribution in [1.29, 1.82) is 0 Å². The quantitative estimate of drug-likeness (QED) is 0.864. The second-order valence-electron chi connectivity index (χ2n) is 4.85. The molecular weight excluding hydrogens is 288 g/mol. The summed E-state index contributed by atoms with van der Waals surface area (Å²) < 4.78 is 0. The Kier molecular flexibility index (Phi) is 4.85. The van der Waals surface area contributed by atoms with Crippen molar-refractivity contribution in [3.8, 4) is 0 Å². The summed E-state index contributed by atoms with van der Waals surface area (Å²) in [7, 11) is 0. The highest BCUT2D eigenvalue weighted by Gasteiger charge is 2.11. The number of aromatic amines is 1. The van der Waals surface area contributed by atoms with Gasteiger partial charge >= 0.3 is 0 Å². The molecule has 0 saturated heterocycles. The van der Waals surface area contributed by atoms with Crippen molar-refractivity contribution in [3.63, 3.8) is 0 Å². The normalized spacial score (nSPS) is 10.6.